The first kappa shape index (κ1) is 16.3. The minimum Gasteiger partial charge on any atom is -0.493 e. The van der Waals surface area contributed by atoms with Crippen LogP contribution in [0.25, 0.3) is 0 Å². The van der Waals surface area contributed by atoms with E-state index < -0.39 is 5.79 Å². The Bertz CT molecular complexity index is 553. The minimum absolute atomic E-state index is 0.0935. The van der Waals surface area contributed by atoms with Crippen LogP contribution in [-0.2, 0) is 14.3 Å². The SMILES string of the molecule is COc1ccc(/C=N\NC(=O)CC2(C)OCCO2)cc1OC. The van der Waals surface area contributed by atoms with Crippen molar-refractivity contribution in [1.82, 2.24) is 5.43 Å². The average molecular weight is 308 g/mol. The van der Waals surface area contributed by atoms with Gasteiger partial charge in [0.1, 0.15) is 0 Å². The second kappa shape index (κ2) is 7.24. The molecule has 0 aliphatic carbocycles. The lowest BCUT2D eigenvalue weighted by atomic mass is 10.2. The number of hydrogen-bond donors (Lipinski definition) is 1. The van der Waals surface area contributed by atoms with Gasteiger partial charge in [-0.3, -0.25) is 4.79 Å². The highest BCUT2D eigenvalue weighted by Gasteiger charge is 2.33. The number of ether oxygens (including phenoxy) is 4. The quantitative estimate of drug-likeness (QED) is 0.633. The number of hydrogen-bond acceptors (Lipinski definition) is 6. The first-order valence-corrected chi connectivity index (χ1v) is 6.88. The first-order valence-electron chi connectivity index (χ1n) is 6.88. The van der Waals surface area contributed by atoms with E-state index in [4.69, 9.17) is 18.9 Å². The van der Waals surface area contributed by atoms with Crippen LogP contribution in [0.4, 0.5) is 0 Å². The zero-order valence-electron chi connectivity index (χ0n) is 12.9. The van der Waals surface area contributed by atoms with E-state index in [2.05, 4.69) is 10.5 Å². The number of hydrazone groups is 1. The van der Waals surface area contributed by atoms with Crippen molar-refractivity contribution < 1.29 is 23.7 Å². The molecule has 0 atom stereocenters. The van der Waals surface area contributed by atoms with Gasteiger partial charge in [0.05, 0.1) is 40.1 Å². The molecule has 22 heavy (non-hydrogen) atoms. The number of nitrogens with one attached hydrogen (secondary N) is 1. The molecule has 0 saturated carbocycles. The molecule has 0 bridgehead atoms. The van der Waals surface area contributed by atoms with Gasteiger partial charge in [-0.05, 0) is 30.7 Å². The molecule has 0 aromatic heterocycles. The molecule has 7 heteroatoms. The Kier molecular flexibility index (Phi) is 5.35. The Morgan fingerprint density at radius 2 is 2.00 bits per heavy atom. The van der Waals surface area contributed by atoms with Crippen molar-refractivity contribution in [2.24, 2.45) is 5.10 Å². The maximum atomic E-state index is 11.8. The summed E-state index contributed by atoms with van der Waals surface area (Å²) in [4.78, 5) is 11.8. The van der Waals surface area contributed by atoms with Crippen molar-refractivity contribution >= 4 is 12.1 Å². The summed E-state index contributed by atoms with van der Waals surface area (Å²) in [5.74, 6) is 0.0921. The maximum Gasteiger partial charge on any atom is 0.245 e. The highest BCUT2D eigenvalue weighted by atomic mass is 16.7. The zero-order valence-corrected chi connectivity index (χ0v) is 12.9. The second-order valence-corrected chi connectivity index (χ2v) is 4.92. The fourth-order valence-electron chi connectivity index (χ4n) is 2.10. The summed E-state index contributed by atoms with van der Waals surface area (Å²) < 4.78 is 21.1. The molecule has 120 valence electrons. The van der Waals surface area contributed by atoms with Crippen molar-refractivity contribution in [3.63, 3.8) is 0 Å². The van der Waals surface area contributed by atoms with Gasteiger partial charge in [0.15, 0.2) is 17.3 Å². The molecule has 0 radical (unpaired) electrons. The number of rotatable bonds is 6. The van der Waals surface area contributed by atoms with E-state index in [-0.39, 0.29) is 12.3 Å². The zero-order chi connectivity index (χ0) is 16.0. The highest BCUT2D eigenvalue weighted by molar-refractivity contribution is 5.83. The van der Waals surface area contributed by atoms with Gasteiger partial charge in [-0.1, -0.05) is 0 Å². The van der Waals surface area contributed by atoms with Gasteiger partial charge in [0.25, 0.3) is 0 Å². The lowest BCUT2D eigenvalue weighted by Gasteiger charge is -2.20. The van der Waals surface area contributed by atoms with E-state index >= 15 is 0 Å². The topological polar surface area (TPSA) is 78.4 Å². The normalized spacial score (nSPS) is 16.7. The molecular formula is C15H20N2O5. The standard InChI is InChI=1S/C15H20N2O5/c1-15(21-6-7-22-15)9-14(18)17-16-10-11-4-5-12(19-2)13(8-11)20-3/h4-5,8,10H,6-7,9H2,1-3H3,(H,17,18)/b16-10-. The first-order chi connectivity index (χ1) is 10.6. The van der Waals surface area contributed by atoms with Crippen molar-refractivity contribution in [2.75, 3.05) is 27.4 Å². The van der Waals surface area contributed by atoms with E-state index in [1.807, 2.05) is 6.07 Å². The number of benzene rings is 1. The molecule has 1 N–H and O–H groups in total. The van der Waals surface area contributed by atoms with Gasteiger partial charge in [-0.15, -0.1) is 0 Å². The van der Waals surface area contributed by atoms with Crippen molar-refractivity contribution in [3.05, 3.63) is 23.8 Å². The van der Waals surface area contributed by atoms with E-state index in [9.17, 15) is 4.79 Å². The molecule has 1 saturated heterocycles. The summed E-state index contributed by atoms with van der Waals surface area (Å²) in [6, 6.07) is 5.34. The van der Waals surface area contributed by atoms with Crippen LogP contribution >= 0.6 is 0 Å². The Hall–Kier alpha value is -2.12. The van der Waals surface area contributed by atoms with E-state index in [0.717, 1.165) is 5.56 Å². The lowest BCUT2D eigenvalue weighted by Crippen LogP contribution is -2.33. The molecule has 1 aliphatic rings. The average Bonchev–Trinajstić information content (AvgIpc) is 2.93. The van der Waals surface area contributed by atoms with Crippen LogP contribution in [0.5, 0.6) is 11.5 Å². The summed E-state index contributed by atoms with van der Waals surface area (Å²) in [5, 5.41) is 3.91. The Balaban J connectivity index is 1.90. The monoisotopic (exact) mass is 308 g/mol. The van der Waals surface area contributed by atoms with Gasteiger partial charge < -0.3 is 18.9 Å². The highest BCUT2D eigenvalue weighted by Crippen LogP contribution is 2.26. The fourth-order valence-corrected chi connectivity index (χ4v) is 2.10. The summed E-state index contributed by atoms with van der Waals surface area (Å²) in [6.45, 7) is 2.73. The van der Waals surface area contributed by atoms with Gasteiger partial charge in [-0.2, -0.15) is 5.10 Å². The van der Waals surface area contributed by atoms with Gasteiger partial charge >= 0.3 is 0 Å². The van der Waals surface area contributed by atoms with E-state index in [1.54, 1.807) is 33.3 Å². The molecule has 0 unspecified atom stereocenters. The molecule has 1 heterocycles. The van der Waals surface area contributed by atoms with Crippen molar-refractivity contribution in [3.8, 4) is 11.5 Å². The van der Waals surface area contributed by atoms with Crippen molar-refractivity contribution in [1.29, 1.82) is 0 Å². The predicted molar refractivity (Wildman–Crippen MR) is 80.2 cm³/mol. The Morgan fingerprint density at radius 1 is 1.32 bits per heavy atom. The van der Waals surface area contributed by atoms with Crippen LogP contribution in [-0.4, -0.2) is 45.3 Å². The predicted octanol–water partition coefficient (Wildman–Crippen LogP) is 1.31. The maximum absolute atomic E-state index is 11.8. The van der Waals surface area contributed by atoms with Gasteiger partial charge in [-0.25, -0.2) is 5.43 Å². The van der Waals surface area contributed by atoms with Crippen LogP contribution in [0.3, 0.4) is 0 Å². The largest absolute Gasteiger partial charge is 0.493 e. The number of methoxy groups -OCH3 is 2. The number of carbonyl (C=O) groups is 1. The molecular weight excluding hydrogens is 288 g/mol. The van der Waals surface area contributed by atoms with E-state index in [1.165, 1.54) is 6.21 Å². The summed E-state index contributed by atoms with van der Waals surface area (Å²) in [7, 11) is 3.13. The molecule has 2 rings (SSSR count). The van der Waals surface area contributed by atoms with E-state index in [0.29, 0.717) is 24.7 Å². The van der Waals surface area contributed by atoms with Gasteiger partial charge in [0.2, 0.25) is 5.91 Å². The smallest absolute Gasteiger partial charge is 0.245 e. The number of amides is 1. The molecule has 7 nitrogen and oxygen atoms in total. The molecule has 0 spiro atoms. The van der Waals surface area contributed by atoms with Crippen molar-refractivity contribution in [2.45, 2.75) is 19.1 Å². The molecule has 1 fully saturated rings. The third-order valence-electron chi connectivity index (χ3n) is 3.19. The summed E-state index contributed by atoms with van der Waals surface area (Å²) >= 11 is 0. The van der Waals surface area contributed by atoms with Crippen LogP contribution < -0.4 is 14.9 Å². The van der Waals surface area contributed by atoms with Crippen LogP contribution in [0.1, 0.15) is 18.9 Å². The molecule has 1 aliphatic heterocycles. The van der Waals surface area contributed by atoms with Gasteiger partial charge in [0, 0.05) is 0 Å². The summed E-state index contributed by atoms with van der Waals surface area (Å²) in [6.07, 6.45) is 1.62. The number of nitrogens with zero attached hydrogens (tertiary/aromatic N) is 1. The number of carbonyl (C=O) groups excluding carboxylic acids is 1. The molecule has 1 amide bonds. The van der Waals surface area contributed by atoms with Crippen LogP contribution in [0, 0.1) is 0 Å². The third kappa shape index (κ3) is 4.19. The van der Waals surface area contributed by atoms with Crippen LogP contribution in [0.2, 0.25) is 0 Å². The fraction of sp³-hybridized carbons (Fsp3) is 0.467. The minimum atomic E-state index is -0.858. The lowest BCUT2D eigenvalue weighted by molar-refractivity contribution is -0.159. The van der Waals surface area contributed by atoms with Crippen LogP contribution in [0.15, 0.2) is 23.3 Å². The summed E-state index contributed by atoms with van der Waals surface area (Å²) in [5.41, 5.74) is 3.22. The third-order valence-corrected chi connectivity index (χ3v) is 3.19. The Morgan fingerprint density at radius 3 is 2.64 bits per heavy atom. The Labute approximate surface area is 129 Å². The second-order valence-electron chi connectivity index (χ2n) is 4.92. The molecule has 1 aromatic carbocycles. The molecule has 1 aromatic rings.